The van der Waals surface area contributed by atoms with Crippen LogP contribution in [0.25, 0.3) is 22.0 Å². The molecule has 5 nitrogen and oxygen atoms in total. The van der Waals surface area contributed by atoms with Gasteiger partial charge in [-0.15, -0.1) is 0 Å². The number of carbonyl (C=O) groups excluding carboxylic acids is 1. The van der Waals surface area contributed by atoms with Crippen LogP contribution in [0.3, 0.4) is 0 Å². The van der Waals surface area contributed by atoms with Crippen LogP contribution in [-0.2, 0) is 11.3 Å². The van der Waals surface area contributed by atoms with E-state index in [0.717, 1.165) is 23.4 Å². The number of aromatic nitrogens is 2. The predicted molar refractivity (Wildman–Crippen MR) is 130 cm³/mol. The second kappa shape index (κ2) is 9.13. The number of benzene rings is 2. The van der Waals surface area contributed by atoms with Crippen LogP contribution in [0.4, 0.5) is 8.78 Å². The molecule has 1 fully saturated rings. The Hall–Kier alpha value is -3.74. The molecule has 7 heteroatoms. The van der Waals surface area contributed by atoms with E-state index in [1.807, 2.05) is 12.1 Å². The Kier molecular flexibility index (Phi) is 6.01. The maximum Gasteiger partial charge on any atom is 0.355 e. The molecule has 1 aliphatic carbocycles. The lowest BCUT2D eigenvalue weighted by atomic mass is 9.99. The first-order chi connectivity index (χ1) is 16.9. The minimum Gasteiger partial charge on any atom is -0.481 e. The van der Waals surface area contributed by atoms with E-state index in [2.05, 4.69) is 24.0 Å². The Labute approximate surface area is 202 Å². The molecule has 0 amide bonds. The lowest BCUT2D eigenvalue weighted by Gasteiger charge is -2.13. The highest BCUT2D eigenvalue weighted by molar-refractivity contribution is 6.09. The maximum absolute atomic E-state index is 14.7. The number of carbonyl (C=O) groups is 1. The molecule has 5 rings (SSSR count). The average molecular weight is 477 g/mol. The number of esters is 1. The Bertz CT molecular complexity index is 1430. The first-order valence-electron chi connectivity index (χ1n) is 11.7. The maximum atomic E-state index is 14.7. The normalized spacial score (nSPS) is 16.9. The molecule has 2 aromatic heterocycles. The van der Waals surface area contributed by atoms with E-state index in [0.29, 0.717) is 28.8 Å². The molecule has 180 valence electrons. The fraction of sp³-hybridized carbons (Fsp3) is 0.286. The highest BCUT2D eigenvalue weighted by Gasteiger charge is 2.35. The van der Waals surface area contributed by atoms with Gasteiger partial charge in [-0.1, -0.05) is 19.1 Å². The smallest absolute Gasteiger partial charge is 0.355 e. The molecule has 0 aliphatic heterocycles. The number of halogens is 2. The number of hydrogen-bond donors (Lipinski definition) is 0. The molecule has 1 saturated carbocycles. The molecule has 2 unspecified atom stereocenters. The Morgan fingerprint density at radius 3 is 2.66 bits per heavy atom. The minimum atomic E-state index is -0.675. The summed E-state index contributed by atoms with van der Waals surface area (Å²) in [6.45, 7) is 4.16. The highest BCUT2D eigenvalue weighted by Crippen LogP contribution is 2.49. The van der Waals surface area contributed by atoms with Gasteiger partial charge in [0, 0.05) is 39.9 Å². The summed E-state index contributed by atoms with van der Waals surface area (Å²) in [4.78, 5) is 17.7. The fourth-order valence-corrected chi connectivity index (χ4v) is 4.80. The van der Waals surface area contributed by atoms with E-state index in [1.165, 1.54) is 24.8 Å². The molecule has 0 bridgehead atoms. The molecule has 0 saturated heterocycles. The zero-order valence-electron chi connectivity index (χ0n) is 19.8. The summed E-state index contributed by atoms with van der Waals surface area (Å²) in [6.07, 6.45) is 2.74. The summed E-state index contributed by atoms with van der Waals surface area (Å²) in [5, 5.41) is 0.832. The number of hydrogen-bond acceptors (Lipinski definition) is 4. The van der Waals surface area contributed by atoms with Crippen molar-refractivity contribution in [1.82, 2.24) is 9.55 Å². The number of nitrogens with zero attached hydrogens (tertiary/aromatic N) is 2. The number of pyridine rings is 1. The van der Waals surface area contributed by atoms with Gasteiger partial charge in [-0.05, 0) is 61.1 Å². The molecular weight excluding hydrogens is 450 g/mol. The quantitative estimate of drug-likeness (QED) is 0.292. The molecule has 1 aliphatic rings. The van der Waals surface area contributed by atoms with Crippen molar-refractivity contribution in [3.8, 4) is 17.0 Å². The first kappa shape index (κ1) is 23.0. The van der Waals surface area contributed by atoms with Gasteiger partial charge in [0.2, 0.25) is 5.88 Å². The van der Waals surface area contributed by atoms with Gasteiger partial charge in [0.1, 0.15) is 17.3 Å². The van der Waals surface area contributed by atoms with Crippen molar-refractivity contribution in [2.24, 2.45) is 5.92 Å². The van der Waals surface area contributed by atoms with Crippen LogP contribution < -0.4 is 4.74 Å². The van der Waals surface area contributed by atoms with Gasteiger partial charge in [0.05, 0.1) is 20.3 Å². The van der Waals surface area contributed by atoms with E-state index in [1.54, 1.807) is 23.8 Å². The molecule has 35 heavy (non-hydrogen) atoms. The van der Waals surface area contributed by atoms with E-state index >= 15 is 0 Å². The Balaban J connectivity index is 1.82. The van der Waals surface area contributed by atoms with Crippen LogP contribution in [0.15, 0.2) is 54.7 Å². The molecule has 2 aromatic carbocycles. The van der Waals surface area contributed by atoms with Crippen LogP contribution in [0, 0.1) is 17.6 Å². The van der Waals surface area contributed by atoms with Crippen molar-refractivity contribution in [2.75, 3.05) is 13.7 Å². The van der Waals surface area contributed by atoms with Crippen molar-refractivity contribution in [3.05, 3.63) is 83.2 Å². The lowest BCUT2D eigenvalue weighted by molar-refractivity contribution is 0.0516. The van der Waals surface area contributed by atoms with Crippen LogP contribution in [0.1, 0.15) is 47.8 Å². The number of fused-ring (bicyclic) bond motifs is 1. The summed E-state index contributed by atoms with van der Waals surface area (Å²) in [5.41, 5.74) is 3.74. The second-order valence-electron chi connectivity index (χ2n) is 8.92. The molecule has 0 N–H and O–H groups in total. The summed E-state index contributed by atoms with van der Waals surface area (Å²) in [5.74, 6) is -0.428. The number of ether oxygens (including phenoxy) is 2. The minimum absolute atomic E-state index is 0.0263. The van der Waals surface area contributed by atoms with Crippen LogP contribution >= 0.6 is 0 Å². The standard InChI is InChI=1S/C28H26F2N2O3/c1-4-35-28(33)26-25(20-6-5-11-31-27(20)34-3)22-13-17(21-12-16(21)2)8-10-24(22)32(26)15-18-7-9-19(29)14-23(18)30/h5-11,13-14,16,21H,4,12,15H2,1-3H3. The Morgan fingerprint density at radius 1 is 1.17 bits per heavy atom. The van der Waals surface area contributed by atoms with Crippen molar-refractivity contribution in [3.63, 3.8) is 0 Å². The molecule has 2 atom stereocenters. The van der Waals surface area contributed by atoms with Crippen LogP contribution in [-0.4, -0.2) is 29.2 Å². The van der Waals surface area contributed by atoms with E-state index < -0.39 is 17.6 Å². The van der Waals surface area contributed by atoms with Gasteiger partial charge in [-0.2, -0.15) is 0 Å². The average Bonchev–Trinajstić information content (AvgIpc) is 3.50. The predicted octanol–water partition coefficient (Wildman–Crippen LogP) is 6.34. The summed E-state index contributed by atoms with van der Waals surface area (Å²) in [7, 11) is 1.53. The van der Waals surface area contributed by atoms with Gasteiger partial charge in [0.25, 0.3) is 0 Å². The third-order valence-corrected chi connectivity index (χ3v) is 6.67. The van der Waals surface area contributed by atoms with E-state index in [9.17, 15) is 13.6 Å². The SMILES string of the molecule is CCOC(=O)c1c(-c2cccnc2OC)c2cc(C3CC3C)ccc2n1Cc1ccc(F)cc1F. The van der Waals surface area contributed by atoms with Crippen LogP contribution in [0.5, 0.6) is 5.88 Å². The van der Waals surface area contributed by atoms with E-state index in [4.69, 9.17) is 9.47 Å². The fourth-order valence-electron chi connectivity index (χ4n) is 4.80. The number of methoxy groups -OCH3 is 1. The zero-order chi connectivity index (χ0) is 24.7. The Morgan fingerprint density at radius 2 is 1.97 bits per heavy atom. The van der Waals surface area contributed by atoms with Gasteiger partial charge in [0.15, 0.2) is 0 Å². The summed E-state index contributed by atoms with van der Waals surface area (Å²) < 4.78 is 41.0. The van der Waals surface area contributed by atoms with Gasteiger partial charge < -0.3 is 14.0 Å². The number of rotatable bonds is 7. The molecule has 4 aromatic rings. The van der Waals surface area contributed by atoms with Crippen LogP contribution in [0.2, 0.25) is 0 Å². The molecular formula is C28H26F2N2O3. The molecule has 0 radical (unpaired) electrons. The first-order valence-corrected chi connectivity index (χ1v) is 11.7. The van der Waals surface area contributed by atoms with Crippen molar-refractivity contribution in [1.29, 1.82) is 0 Å². The van der Waals surface area contributed by atoms with Crippen molar-refractivity contribution < 1.29 is 23.0 Å². The highest BCUT2D eigenvalue weighted by atomic mass is 19.1. The topological polar surface area (TPSA) is 53.4 Å². The molecule has 2 heterocycles. The van der Waals surface area contributed by atoms with Crippen molar-refractivity contribution >= 4 is 16.9 Å². The third-order valence-electron chi connectivity index (χ3n) is 6.67. The second-order valence-corrected chi connectivity index (χ2v) is 8.92. The molecule has 0 spiro atoms. The summed E-state index contributed by atoms with van der Waals surface area (Å²) in [6, 6.07) is 13.2. The monoisotopic (exact) mass is 476 g/mol. The van der Waals surface area contributed by atoms with Gasteiger partial charge >= 0.3 is 5.97 Å². The largest absolute Gasteiger partial charge is 0.481 e. The summed E-state index contributed by atoms with van der Waals surface area (Å²) >= 11 is 0. The lowest BCUT2D eigenvalue weighted by Crippen LogP contribution is -2.15. The van der Waals surface area contributed by atoms with Gasteiger partial charge in [-0.25, -0.2) is 18.6 Å². The van der Waals surface area contributed by atoms with Crippen molar-refractivity contribution in [2.45, 2.75) is 32.7 Å². The van der Waals surface area contributed by atoms with Gasteiger partial charge in [-0.3, -0.25) is 0 Å². The van der Waals surface area contributed by atoms with E-state index in [-0.39, 0.29) is 24.4 Å². The zero-order valence-corrected chi connectivity index (χ0v) is 19.8. The third kappa shape index (κ3) is 4.16.